The highest BCUT2D eigenvalue weighted by Gasteiger charge is 2.30. The lowest BCUT2D eigenvalue weighted by Crippen LogP contribution is -2.24. The van der Waals surface area contributed by atoms with E-state index in [1.165, 1.54) is 12.8 Å². The first-order valence-electron chi connectivity index (χ1n) is 7.16. The van der Waals surface area contributed by atoms with Crippen LogP contribution in [0.15, 0.2) is 0 Å². The summed E-state index contributed by atoms with van der Waals surface area (Å²) < 4.78 is 0.682. The molecule has 0 unspecified atom stereocenters. The van der Waals surface area contributed by atoms with Gasteiger partial charge in [-0.2, -0.15) is 0 Å². The van der Waals surface area contributed by atoms with Crippen LogP contribution in [-0.2, 0) is 0 Å². The van der Waals surface area contributed by atoms with Crippen molar-refractivity contribution >= 4 is 31.4 Å². The quantitative estimate of drug-likeness (QED) is 0.466. The molecule has 0 aromatic heterocycles. The Balaban J connectivity index is 4.21. The molecule has 116 valence electrons. The summed E-state index contributed by atoms with van der Waals surface area (Å²) >= 11 is 0. The molecule has 0 fully saturated rings. The highest BCUT2D eigenvalue weighted by molar-refractivity contribution is 9.09. The van der Waals surface area contributed by atoms with Crippen molar-refractivity contribution in [3.8, 4) is 0 Å². The summed E-state index contributed by atoms with van der Waals surface area (Å²) in [6.07, 6.45) is 2.50. The Labute approximate surface area is 133 Å². The average Bonchev–Trinajstić information content (AvgIpc) is 1.90. The second-order valence-corrected chi connectivity index (χ2v) is 14.5. The standard InChI is InChI=1S/C16H34S3/c1-13(2,3)11-15(7,8)17-19-18-16(9,10)12-14(4,5)6/h11-12H2,1-10H3. The lowest BCUT2D eigenvalue weighted by Gasteiger charge is -2.34. The minimum absolute atomic E-state index is 0.341. The SMILES string of the molecule is CC(C)(C)CC(C)(C)SSSC(C)(C)CC(C)(C)C. The maximum atomic E-state index is 2.37. The molecule has 0 aliphatic rings. The van der Waals surface area contributed by atoms with E-state index in [0.717, 1.165) is 0 Å². The van der Waals surface area contributed by atoms with Crippen molar-refractivity contribution in [3.05, 3.63) is 0 Å². The summed E-state index contributed by atoms with van der Waals surface area (Å²) in [5, 5.41) is 0. The molecule has 0 rings (SSSR count). The minimum Gasteiger partial charge on any atom is -0.0762 e. The van der Waals surface area contributed by atoms with Crippen molar-refractivity contribution in [2.45, 2.75) is 91.6 Å². The summed E-state index contributed by atoms with van der Waals surface area (Å²) in [6.45, 7) is 23.5. The van der Waals surface area contributed by atoms with Gasteiger partial charge in [-0.1, -0.05) is 63.1 Å². The molecule has 0 nitrogen and oxygen atoms in total. The van der Waals surface area contributed by atoms with Crippen LogP contribution in [0.3, 0.4) is 0 Å². The zero-order valence-electron chi connectivity index (χ0n) is 14.6. The van der Waals surface area contributed by atoms with Gasteiger partial charge in [-0.3, -0.25) is 0 Å². The first kappa shape index (κ1) is 20.1. The summed E-state index contributed by atoms with van der Waals surface area (Å²) in [5.74, 6) is 0. The minimum atomic E-state index is 0.341. The van der Waals surface area contributed by atoms with Gasteiger partial charge in [0, 0.05) is 9.49 Å². The molecule has 0 bridgehead atoms. The molecule has 0 aliphatic carbocycles. The molecule has 0 atom stereocenters. The highest BCUT2D eigenvalue weighted by atomic mass is 33.5. The predicted molar refractivity (Wildman–Crippen MR) is 99.1 cm³/mol. The number of hydrogen-bond acceptors (Lipinski definition) is 3. The fraction of sp³-hybridized carbons (Fsp3) is 1.00. The molecule has 0 amide bonds. The Hall–Kier alpha value is 1.05. The predicted octanol–water partition coefficient (Wildman–Crippen LogP) is 7.45. The molecule has 0 aromatic rings. The third kappa shape index (κ3) is 12.5. The molecule has 0 saturated carbocycles. The van der Waals surface area contributed by atoms with E-state index >= 15 is 0 Å². The molecule has 0 saturated heterocycles. The van der Waals surface area contributed by atoms with Crippen LogP contribution in [0, 0.1) is 10.8 Å². The van der Waals surface area contributed by atoms with Crippen LogP contribution in [0.25, 0.3) is 0 Å². The molecular weight excluding hydrogens is 288 g/mol. The largest absolute Gasteiger partial charge is 0.0762 e. The fourth-order valence-electron chi connectivity index (χ4n) is 2.81. The first-order chi connectivity index (χ1) is 8.12. The second-order valence-electron chi connectivity index (χ2n) is 9.23. The van der Waals surface area contributed by atoms with Crippen LogP contribution in [0.1, 0.15) is 82.1 Å². The molecule has 0 radical (unpaired) electrons. The van der Waals surface area contributed by atoms with Gasteiger partial charge in [0.25, 0.3) is 0 Å². The van der Waals surface area contributed by atoms with E-state index in [9.17, 15) is 0 Å². The lowest BCUT2D eigenvalue weighted by molar-refractivity contribution is 0.340. The number of hydrogen-bond donors (Lipinski definition) is 0. The zero-order valence-corrected chi connectivity index (χ0v) is 17.1. The topological polar surface area (TPSA) is 0 Å². The molecule has 0 aromatic carbocycles. The average molecular weight is 323 g/mol. The molecular formula is C16H34S3. The van der Waals surface area contributed by atoms with Gasteiger partial charge in [-0.15, -0.1) is 0 Å². The van der Waals surface area contributed by atoms with E-state index in [1.807, 2.05) is 31.4 Å². The number of rotatable bonds is 6. The Morgan fingerprint density at radius 3 is 1.00 bits per heavy atom. The van der Waals surface area contributed by atoms with Gasteiger partial charge in [0.15, 0.2) is 0 Å². The maximum absolute atomic E-state index is 2.37. The molecule has 0 heterocycles. The Morgan fingerprint density at radius 2 is 0.789 bits per heavy atom. The Morgan fingerprint density at radius 1 is 0.526 bits per heavy atom. The van der Waals surface area contributed by atoms with Crippen LogP contribution in [0.2, 0.25) is 0 Å². The van der Waals surface area contributed by atoms with Gasteiger partial charge in [0.2, 0.25) is 0 Å². The molecule has 0 spiro atoms. The lowest BCUT2D eigenvalue weighted by atomic mass is 9.86. The van der Waals surface area contributed by atoms with Crippen LogP contribution in [0.5, 0.6) is 0 Å². The van der Waals surface area contributed by atoms with Gasteiger partial charge in [0.05, 0.1) is 0 Å². The molecule has 0 N–H and O–H groups in total. The third-order valence-corrected chi connectivity index (χ3v) is 8.10. The van der Waals surface area contributed by atoms with Gasteiger partial charge in [0.1, 0.15) is 0 Å². The fourth-order valence-corrected chi connectivity index (χ4v) is 9.38. The molecule has 3 heteroatoms. The van der Waals surface area contributed by atoms with E-state index in [2.05, 4.69) is 69.2 Å². The van der Waals surface area contributed by atoms with Gasteiger partial charge >= 0.3 is 0 Å². The second kappa shape index (κ2) is 6.87. The van der Waals surface area contributed by atoms with Crippen molar-refractivity contribution in [2.24, 2.45) is 10.8 Å². The van der Waals surface area contributed by atoms with Gasteiger partial charge in [-0.05, 0) is 61.2 Å². The molecule has 0 aliphatic heterocycles. The van der Waals surface area contributed by atoms with Crippen molar-refractivity contribution < 1.29 is 0 Å². The van der Waals surface area contributed by atoms with Crippen molar-refractivity contribution in [2.75, 3.05) is 0 Å². The summed E-state index contributed by atoms with van der Waals surface area (Å²) in [6, 6.07) is 0. The van der Waals surface area contributed by atoms with Gasteiger partial charge < -0.3 is 0 Å². The smallest absolute Gasteiger partial charge is 0.0220 e. The first-order valence-corrected chi connectivity index (χ1v) is 10.6. The van der Waals surface area contributed by atoms with Crippen molar-refractivity contribution in [1.29, 1.82) is 0 Å². The van der Waals surface area contributed by atoms with E-state index in [4.69, 9.17) is 0 Å². The van der Waals surface area contributed by atoms with Crippen LogP contribution >= 0.6 is 31.4 Å². The summed E-state index contributed by atoms with van der Waals surface area (Å²) in [4.78, 5) is 0. The normalized spacial score (nSPS) is 14.8. The summed E-state index contributed by atoms with van der Waals surface area (Å²) in [7, 11) is 6.06. The van der Waals surface area contributed by atoms with Crippen molar-refractivity contribution in [1.82, 2.24) is 0 Å². The Kier molecular flexibility index (Phi) is 7.25. The van der Waals surface area contributed by atoms with E-state index in [1.54, 1.807) is 0 Å². The van der Waals surface area contributed by atoms with E-state index < -0.39 is 0 Å². The van der Waals surface area contributed by atoms with Crippen LogP contribution in [-0.4, -0.2) is 9.49 Å². The monoisotopic (exact) mass is 322 g/mol. The zero-order chi connectivity index (χ0) is 15.5. The highest BCUT2D eigenvalue weighted by Crippen LogP contribution is 2.53. The van der Waals surface area contributed by atoms with Crippen LogP contribution < -0.4 is 0 Å². The summed E-state index contributed by atoms with van der Waals surface area (Å²) in [5.41, 5.74) is 0.811. The maximum Gasteiger partial charge on any atom is 0.0220 e. The van der Waals surface area contributed by atoms with E-state index in [-0.39, 0.29) is 0 Å². The van der Waals surface area contributed by atoms with Gasteiger partial charge in [-0.25, -0.2) is 0 Å². The molecule has 19 heavy (non-hydrogen) atoms. The van der Waals surface area contributed by atoms with Crippen molar-refractivity contribution in [3.63, 3.8) is 0 Å². The van der Waals surface area contributed by atoms with E-state index in [0.29, 0.717) is 20.3 Å². The van der Waals surface area contributed by atoms with Crippen LogP contribution in [0.4, 0.5) is 0 Å². The Bertz CT molecular complexity index is 239. The third-order valence-electron chi connectivity index (χ3n) is 2.43.